The van der Waals surface area contributed by atoms with E-state index in [1.54, 1.807) is 26.8 Å². The summed E-state index contributed by atoms with van der Waals surface area (Å²) in [4.78, 5) is 0. The van der Waals surface area contributed by atoms with Crippen LogP contribution in [0.5, 0.6) is 0 Å². The Bertz CT molecular complexity index is 513. The van der Waals surface area contributed by atoms with Crippen molar-refractivity contribution in [2.24, 2.45) is 5.92 Å². The van der Waals surface area contributed by atoms with Gasteiger partial charge in [0.25, 0.3) is 0 Å². The van der Waals surface area contributed by atoms with Gasteiger partial charge >= 0.3 is 0 Å². The molecule has 0 amide bonds. The van der Waals surface area contributed by atoms with Crippen LogP contribution in [0.25, 0.3) is 0 Å². The van der Waals surface area contributed by atoms with E-state index in [1.165, 1.54) is 0 Å². The first kappa shape index (κ1) is 13.7. The van der Waals surface area contributed by atoms with Crippen molar-refractivity contribution in [2.45, 2.75) is 32.6 Å². The third-order valence-electron chi connectivity index (χ3n) is 2.13. The van der Waals surface area contributed by atoms with Crippen LogP contribution in [0.3, 0.4) is 0 Å². The fourth-order valence-corrected chi connectivity index (χ4v) is 2.55. The molecule has 0 fully saturated rings. The van der Waals surface area contributed by atoms with Gasteiger partial charge < -0.3 is 4.52 Å². The predicted molar refractivity (Wildman–Crippen MR) is 61.2 cm³/mol. The summed E-state index contributed by atoms with van der Waals surface area (Å²) in [7, 11) is -3.57. The molecule has 1 N–H and O–H groups in total. The van der Waals surface area contributed by atoms with E-state index in [0.29, 0.717) is 11.5 Å². The van der Waals surface area contributed by atoms with Gasteiger partial charge in [0.15, 0.2) is 0 Å². The fourth-order valence-electron chi connectivity index (χ4n) is 1.23. The molecular formula is C10H15N3O3S. The Morgan fingerprint density at radius 1 is 1.59 bits per heavy atom. The Labute approximate surface area is 101 Å². The highest BCUT2D eigenvalue weighted by molar-refractivity contribution is 7.88. The summed E-state index contributed by atoms with van der Waals surface area (Å²) in [6.07, 6.45) is 0. The molecule has 6 nitrogen and oxygen atoms in total. The van der Waals surface area contributed by atoms with Crippen LogP contribution in [0.2, 0.25) is 0 Å². The summed E-state index contributed by atoms with van der Waals surface area (Å²) >= 11 is 0. The van der Waals surface area contributed by atoms with E-state index in [4.69, 9.17) is 9.78 Å². The van der Waals surface area contributed by atoms with E-state index in [-0.39, 0.29) is 11.7 Å². The summed E-state index contributed by atoms with van der Waals surface area (Å²) in [5, 5.41) is 12.4. The second-order valence-corrected chi connectivity index (χ2v) is 5.91. The number of nitrogens with zero attached hydrogens (tertiary/aromatic N) is 2. The first-order valence-corrected chi connectivity index (χ1v) is 6.81. The van der Waals surface area contributed by atoms with Crippen molar-refractivity contribution in [2.75, 3.05) is 0 Å². The van der Waals surface area contributed by atoms with Gasteiger partial charge in [-0.15, -0.1) is 0 Å². The minimum Gasteiger partial charge on any atom is -0.361 e. The van der Waals surface area contributed by atoms with Crippen LogP contribution in [0, 0.1) is 24.2 Å². The number of aryl methyl sites for hydroxylation is 1. The Morgan fingerprint density at radius 3 is 2.65 bits per heavy atom. The average Bonchev–Trinajstić information content (AvgIpc) is 2.59. The first-order chi connectivity index (χ1) is 7.84. The van der Waals surface area contributed by atoms with E-state index in [9.17, 15) is 8.42 Å². The summed E-state index contributed by atoms with van der Waals surface area (Å²) in [6, 6.07) is 2.74. The summed E-state index contributed by atoms with van der Waals surface area (Å²) in [6.45, 7) is 5.23. The van der Waals surface area contributed by atoms with Crippen molar-refractivity contribution >= 4 is 10.0 Å². The van der Waals surface area contributed by atoms with Crippen molar-refractivity contribution < 1.29 is 12.9 Å². The largest absolute Gasteiger partial charge is 0.361 e. The lowest BCUT2D eigenvalue weighted by molar-refractivity contribution is 0.392. The van der Waals surface area contributed by atoms with Gasteiger partial charge in [-0.2, -0.15) is 9.98 Å². The zero-order chi connectivity index (χ0) is 13.1. The van der Waals surface area contributed by atoms with Crippen LogP contribution in [0.4, 0.5) is 0 Å². The van der Waals surface area contributed by atoms with Crippen LogP contribution in [0.1, 0.15) is 25.3 Å². The monoisotopic (exact) mass is 257 g/mol. The third-order valence-corrected chi connectivity index (χ3v) is 3.42. The molecule has 0 saturated heterocycles. The fraction of sp³-hybridized carbons (Fsp3) is 0.600. The van der Waals surface area contributed by atoms with Crippen LogP contribution >= 0.6 is 0 Å². The first-order valence-electron chi connectivity index (χ1n) is 5.16. The molecule has 1 rings (SSSR count). The van der Waals surface area contributed by atoms with Gasteiger partial charge in [0.1, 0.15) is 23.2 Å². The normalized spacial score (nSPS) is 13.6. The zero-order valence-electron chi connectivity index (χ0n) is 9.97. The van der Waals surface area contributed by atoms with Crippen molar-refractivity contribution in [1.82, 2.24) is 9.88 Å². The Kier molecular flexibility index (Phi) is 4.26. The predicted octanol–water partition coefficient (Wildman–Crippen LogP) is 0.951. The van der Waals surface area contributed by atoms with E-state index in [2.05, 4.69) is 9.88 Å². The highest BCUT2D eigenvalue weighted by Gasteiger charge is 2.21. The standard InChI is InChI=1S/C10H15N3O3S/c1-7(2)10(5-11)13-17(14,15)6-9-4-8(3)16-12-9/h4,7,10,13H,6H2,1-3H3. The second-order valence-electron chi connectivity index (χ2n) is 4.16. The Hall–Kier alpha value is -1.39. The minimum absolute atomic E-state index is 0.0891. The number of rotatable bonds is 5. The van der Waals surface area contributed by atoms with Gasteiger partial charge in [0, 0.05) is 6.07 Å². The van der Waals surface area contributed by atoms with Gasteiger partial charge in [-0.1, -0.05) is 19.0 Å². The smallest absolute Gasteiger partial charge is 0.218 e. The molecule has 0 spiro atoms. The molecule has 0 aliphatic rings. The quantitative estimate of drug-likeness (QED) is 0.847. The lowest BCUT2D eigenvalue weighted by Crippen LogP contribution is -2.38. The van der Waals surface area contributed by atoms with Crippen LogP contribution in [-0.2, 0) is 15.8 Å². The number of hydrogen-bond acceptors (Lipinski definition) is 5. The molecule has 7 heteroatoms. The van der Waals surface area contributed by atoms with Gasteiger partial charge in [-0.3, -0.25) is 0 Å². The van der Waals surface area contributed by atoms with Crippen molar-refractivity contribution in [3.63, 3.8) is 0 Å². The van der Waals surface area contributed by atoms with Crippen LogP contribution < -0.4 is 4.72 Å². The maximum atomic E-state index is 11.7. The second kappa shape index (κ2) is 5.29. The lowest BCUT2D eigenvalue weighted by Gasteiger charge is -2.14. The molecule has 17 heavy (non-hydrogen) atoms. The molecule has 0 aliphatic heterocycles. The summed E-state index contributed by atoms with van der Waals surface area (Å²) in [5.74, 6) is 0.180. The highest BCUT2D eigenvalue weighted by atomic mass is 32.2. The highest BCUT2D eigenvalue weighted by Crippen LogP contribution is 2.08. The van der Waals surface area contributed by atoms with Gasteiger partial charge in [0.05, 0.1) is 6.07 Å². The molecule has 94 valence electrons. The van der Waals surface area contributed by atoms with Gasteiger partial charge in [0.2, 0.25) is 10.0 Å². The van der Waals surface area contributed by atoms with Crippen LogP contribution in [0.15, 0.2) is 10.6 Å². The number of hydrogen-bond donors (Lipinski definition) is 1. The number of sulfonamides is 1. The van der Waals surface area contributed by atoms with Crippen molar-refractivity contribution in [1.29, 1.82) is 5.26 Å². The maximum Gasteiger partial charge on any atom is 0.218 e. The molecule has 1 unspecified atom stereocenters. The SMILES string of the molecule is Cc1cc(CS(=O)(=O)NC(C#N)C(C)C)no1. The zero-order valence-corrected chi connectivity index (χ0v) is 10.8. The average molecular weight is 257 g/mol. The van der Waals surface area contributed by atoms with E-state index < -0.39 is 16.1 Å². The molecule has 1 aromatic rings. The third kappa shape index (κ3) is 4.17. The number of nitriles is 1. The number of nitrogens with one attached hydrogen (secondary N) is 1. The molecule has 1 aromatic heterocycles. The molecule has 0 aliphatic carbocycles. The lowest BCUT2D eigenvalue weighted by atomic mass is 10.1. The Morgan fingerprint density at radius 2 is 2.24 bits per heavy atom. The summed E-state index contributed by atoms with van der Waals surface area (Å²) < 4.78 is 30.6. The molecule has 0 saturated carbocycles. The van der Waals surface area contributed by atoms with Gasteiger partial charge in [-0.05, 0) is 12.8 Å². The molecule has 0 aromatic carbocycles. The molecular weight excluding hydrogens is 242 g/mol. The maximum absolute atomic E-state index is 11.7. The van der Waals surface area contributed by atoms with Crippen molar-refractivity contribution in [3.05, 3.63) is 17.5 Å². The molecule has 1 atom stereocenters. The topological polar surface area (TPSA) is 96.0 Å². The van der Waals surface area contributed by atoms with Crippen molar-refractivity contribution in [3.8, 4) is 6.07 Å². The van der Waals surface area contributed by atoms with E-state index >= 15 is 0 Å². The van der Waals surface area contributed by atoms with Gasteiger partial charge in [-0.25, -0.2) is 8.42 Å². The molecule has 1 heterocycles. The molecule has 0 radical (unpaired) electrons. The molecule has 0 bridgehead atoms. The Balaban J connectivity index is 2.73. The van der Waals surface area contributed by atoms with E-state index in [1.807, 2.05) is 6.07 Å². The number of aromatic nitrogens is 1. The van der Waals surface area contributed by atoms with Crippen LogP contribution in [-0.4, -0.2) is 19.6 Å². The minimum atomic E-state index is -3.57. The summed E-state index contributed by atoms with van der Waals surface area (Å²) in [5.41, 5.74) is 0.329. The van der Waals surface area contributed by atoms with E-state index in [0.717, 1.165) is 0 Å².